The Labute approximate surface area is 103 Å². The second kappa shape index (κ2) is 5.21. The van der Waals surface area contributed by atoms with Crippen molar-refractivity contribution in [3.63, 3.8) is 0 Å². The van der Waals surface area contributed by atoms with Crippen LogP contribution in [0.4, 0.5) is 5.82 Å². The minimum atomic E-state index is -0.207. The highest BCUT2D eigenvalue weighted by atomic mass is 16.1. The van der Waals surface area contributed by atoms with Crippen LogP contribution < -0.4 is 10.6 Å². The van der Waals surface area contributed by atoms with Gasteiger partial charge in [-0.25, -0.2) is 4.98 Å². The highest BCUT2D eigenvalue weighted by Crippen LogP contribution is 2.09. The molecule has 2 aromatic rings. The van der Waals surface area contributed by atoms with Crippen molar-refractivity contribution in [2.75, 3.05) is 12.4 Å². The molecule has 0 atom stereocenters. The molecule has 8 heteroatoms. The number of anilines is 1. The molecule has 18 heavy (non-hydrogen) atoms. The molecule has 0 aromatic carbocycles. The molecular formula is C10H13N7O. The van der Waals surface area contributed by atoms with Crippen molar-refractivity contribution in [2.24, 2.45) is 0 Å². The summed E-state index contributed by atoms with van der Waals surface area (Å²) in [5, 5.41) is 18.8. The Kier molecular flexibility index (Phi) is 3.46. The summed E-state index contributed by atoms with van der Waals surface area (Å²) in [4.78, 5) is 16.1. The van der Waals surface area contributed by atoms with Gasteiger partial charge < -0.3 is 10.6 Å². The van der Waals surface area contributed by atoms with E-state index in [2.05, 4.69) is 36.2 Å². The molecule has 2 aromatic heterocycles. The fourth-order valence-corrected chi connectivity index (χ4v) is 1.45. The average Bonchev–Trinajstić information content (AvgIpc) is 2.88. The first kappa shape index (κ1) is 12.0. The molecule has 0 saturated heterocycles. The van der Waals surface area contributed by atoms with E-state index in [-0.39, 0.29) is 12.5 Å². The predicted octanol–water partition coefficient (Wildman–Crippen LogP) is -0.125. The van der Waals surface area contributed by atoms with Gasteiger partial charge in [-0.05, 0) is 19.1 Å². The maximum atomic E-state index is 11.9. The Hall–Kier alpha value is -2.51. The first-order chi connectivity index (χ1) is 8.69. The number of H-pyrrole nitrogens is 1. The Balaban J connectivity index is 2.06. The Morgan fingerprint density at radius 3 is 2.94 bits per heavy atom. The number of hydrogen-bond acceptors (Lipinski definition) is 6. The molecule has 8 nitrogen and oxygen atoms in total. The number of nitrogens with one attached hydrogen (secondary N) is 3. The van der Waals surface area contributed by atoms with E-state index in [0.29, 0.717) is 17.2 Å². The second-order valence-corrected chi connectivity index (χ2v) is 3.64. The molecule has 2 rings (SSSR count). The summed E-state index contributed by atoms with van der Waals surface area (Å²) in [7, 11) is 1.75. The van der Waals surface area contributed by atoms with Crippen LogP contribution in [0.15, 0.2) is 12.1 Å². The first-order valence-corrected chi connectivity index (χ1v) is 5.36. The van der Waals surface area contributed by atoms with Crippen LogP contribution in [0.25, 0.3) is 0 Å². The van der Waals surface area contributed by atoms with E-state index in [1.165, 1.54) is 0 Å². The first-order valence-electron chi connectivity index (χ1n) is 5.36. The lowest BCUT2D eigenvalue weighted by atomic mass is 10.2. The smallest absolute Gasteiger partial charge is 0.251 e. The lowest BCUT2D eigenvalue weighted by molar-refractivity contribution is 0.0949. The van der Waals surface area contributed by atoms with E-state index in [0.717, 1.165) is 5.69 Å². The van der Waals surface area contributed by atoms with E-state index in [1.807, 2.05) is 6.92 Å². The van der Waals surface area contributed by atoms with Gasteiger partial charge in [-0.1, -0.05) is 5.21 Å². The third-order valence-electron chi connectivity index (χ3n) is 2.27. The van der Waals surface area contributed by atoms with Crippen molar-refractivity contribution in [2.45, 2.75) is 13.5 Å². The zero-order valence-corrected chi connectivity index (χ0v) is 10.1. The SMILES string of the molecule is CNc1cc(C(=O)NCc2nn[nH]n2)cc(C)n1. The number of aromatic nitrogens is 5. The summed E-state index contributed by atoms with van der Waals surface area (Å²) in [5.74, 6) is 0.879. The maximum Gasteiger partial charge on any atom is 0.251 e. The number of amides is 1. The highest BCUT2D eigenvalue weighted by molar-refractivity contribution is 5.94. The number of carbonyl (C=O) groups is 1. The molecule has 0 fully saturated rings. The van der Waals surface area contributed by atoms with Crippen molar-refractivity contribution >= 4 is 11.7 Å². The third-order valence-corrected chi connectivity index (χ3v) is 2.27. The minimum Gasteiger partial charge on any atom is -0.373 e. The fraction of sp³-hybridized carbons (Fsp3) is 0.300. The summed E-state index contributed by atoms with van der Waals surface area (Å²) in [6.07, 6.45) is 0. The van der Waals surface area contributed by atoms with E-state index < -0.39 is 0 Å². The Morgan fingerprint density at radius 2 is 2.28 bits per heavy atom. The number of aryl methyl sites for hydroxylation is 1. The monoisotopic (exact) mass is 247 g/mol. The molecular weight excluding hydrogens is 234 g/mol. The van der Waals surface area contributed by atoms with E-state index >= 15 is 0 Å². The standard InChI is InChI=1S/C10H13N7O/c1-6-3-7(4-8(11-2)13-6)10(18)12-5-9-14-16-17-15-9/h3-4H,5H2,1-2H3,(H,11,13)(H,12,18)(H,14,15,16,17). The van der Waals surface area contributed by atoms with Gasteiger partial charge in [-0.3, -0.25) is 4.79 Å². The number of tetrazole rings is 1. The van der Waals surface area contributed by atoms with Gasteiger partial charge >= 0.3 is 0 Å². The van der Waals surface area contributed by atoms with Crippen LogP contribution in [0, 0.1) is 6.92 Å². The summed E-state index contributed by atoms with van der Waals surface area (Å²) in [5.41, 5.74) is 1.31. The van der Waals surface area contributed by atoms with Crippen LogP contribution in [0.3, 0.4) is 0 Å². The molecule has 1 amide bonds. The lowest BCUT2D eigenvalue weighted by Gasteiger charge is -2.06. The van der Waals surface area contributed by atoms with Gasteiger partial charge in [0.05, 0.1) is 6.54 Å². The molecule has 0 saturated carbocycles. The quantitative estimate of drug-likeness (QED) is 0.694. The molecule has 0 aliphatic carbocycles. The molecule has 0 radical (unpaired) electrons. The number of carbonyl (C=O) groups excluding carboxylic acids is 1. The number of aromatic amines is 1. The second-order valence-electron chi connectivity index (χ2n) is 3.64. The average molecular weight is 247 g/mol. The van der Waals surface area contributed by atoms with Crippen molar-refractivity contribution in [1.29, 1.82) is 0 Å². The number of pyridine rings is 1. The molecule has 94 valence electrons. The predicted molar refractivity (Wildman–Crippen MR) is 63.9 cm³/mol. The molecule has 0 bridgehead atoms. The number of nitrogens with zero attached hydrogens (tertiary/aromatic N) is 4. The Morgan fingerprint density at radius 1 is 1.44 bits per heavy atom. The number of hydrogen-bond donors (Lipinski definition) is 3. The van der Waals surface area contributed by atoms with Crippen LogP contribution in [-0.4, -0.2) is 38.6 Å². The molecule has 3 N–H and O–H groups in total. The topological polar surface area (TPSA) is 108 Å². The van der Waals surface area contributed by atoms with Gasteiger partial charge in [0.1, 0.15) is 5.82 Å². The molecule has 0 unspecified atom stereocenters. The van der Waals surface area contributed by atoms with Gasteiger partial charge in [-0.15, -0.1) is 10.2 Å². The summed E-state index contributed by atoms with van der Waals surface area (Å²) < 4.78 is 0. The normalized spacial score (nSPS) is 10.1. The van der Waals surface area contributed by atoms with Gasteiger partial charge in [0.15, 0.2) is 5.82 Å². The zero-order chi connectivity index (χ0) is 13.0. The van der Waals surface area contributed by atoms with Crippen molar-refractivity contribution in [3.05, 3.63) is 29.2 Å². The van der Waals surface area contributed by atoms with Gasteiger partial charge in [-0.2, -0.15) is 5.21 Å². The van der Waals surface area contributed by atoms with Crippen LogP contribution in [0.5, 0.6) is 0 Å². The van der Waals surface area contributed by atoms with Gasteiger partial charge in [0.25, 0.3) is 5.91 Å². The molecule has 0 aliphatic heterocycles. The molecule has 2 heterocycles. The van der Waals surface area contributed by atoms with E-state index in [4.69, 9.17) is 0 Å². The maximum absolute atomic E-state index is 11.9. The largest absolute Gasteiger partial charge is 0.373 e. The summed E-state index contributed by atoms with van der Waals surface area (Å²) in [6, 6.07) is 3.39. The third kappa shape index (κ3) is 2.78. The minimum absolute atomic E-state index is 0.207. The van der Waals surface area contributed by atoms with Crippen molar-refractivity contribution < 1.29 is 4.79 Å². The fourth-order valence-electron chi connectivity index (χ4n) is 1.45. The van der Waals surface area contributed by atoms with Crippen LogP contribution >= 0.6 is 0 Å². The van der Waals surface area contributed by atoms with Crippen molar-refractivity contribution in [3.8, 4) is 0 Å². The Bertz CT molecular complexity index is 537. The zero-order valence-electron chi connectivity index (χ0n) is 10.1. The summed E-state index contributed by atoms with van der Waals surface area (Å²) in [6.45, 7) is 2.06. The lowest BCUT2D eigenvalue weighted by Crippen LogP contribution is -2.23. The van der Waals surface area contributed by atoms with E-state index in [9.17, 15) is 4.79 Å². The van der Waals surface area contributed by atoms with Crippen LogP contribution in [0.2, 0.25) is 0 Å². The van der Waals surface area contributed by atoms with Gasteiger partial charge in [0.2, 0.25) is 0 Å². The van der Waals surface area contributed by atoms with Crippen molar-refractivity contribution in [1.82, 2.24) is 30.9 Å². The van der Waals surface area contributed by atoms with E-state index in [1.54, 1.807) is 19.2 Å². The van der Waals surface area contributed by atoms with Crippen LogP contribution in [-0.2, 0) is 6.54 Å². The summed E-state index contributed by atoms with van der Waals surface area (Å²) >= 11 is 0. The highest BCUT2D eigenvalue weighted by Gasteiger charge is 2.09. The van der Waals surface area contributed by atoms with Crippen LogP contribution in [0.1, 0.15) is 21.9 Å². The number of rotatable bonds is 4. The molecule has 0 aliphatic rings. The van der Waals surface area contributed by atoms with Gasteiger partial charge in [0, 0.05) is 18.3 Å². The molecule has 0 spiro atoms.